The van der Waals surface area contributed by atoms with Gasteiger partial charge in [-0.1, -0.05) is 30.3 Å². The van der Waals surface area contributed by atoms with Crippen LogP contribution in [0.25, 0.3) is 0 Å². The molecule has 134 valence electrons. The predicted octanol–water partition coefficient (Wildman–Crippen LogP) is 2.04. The minimum atomic E-state index is -0.256. The van der Waals surface area contributed by atoms with Crippen molar-refractivity contribution in [1.29, 1.82) is 0 Å². The van der Waals surface area contributed by atoms with E-state index in [1.807, 2.05) is 30.3 Å². The lowest BCUT2D eigenvalue weighted by atomic mass is 10.2. The fourth-order valence-electron chi connectivity index (χ4n) is 2.73. The van der Waals surface area contributed by atoms with Gasteiger partial charge >= 0.3 is 6.09 Å². The first-order valence-corrected chi connectivity index (χ1v) is 8.45. The fraction of sp³-hybridized carbons (Fsp3) is 0.611. The zero-order chi connectivity index (χ0) is 17.2. The van der Waals surface area contributed by atoms with Crippen LogP contribution in [-0.2, 0) is 20.8 Å². The molecule has 0 unspecified atom stereocenters. The Kier molecular flexibility index (Phi) is 8.01. The molecule has 0 aromatic heterocycles. The second-order valence-corrected chi connectivity index (χ2v) is 5.98. The average Bonchev–Trinajstić information content (AvgIpc) is 3.32. The Hall–Kier alpha value is -1.63. The molecule has 0 aliphatic carbocycles. The number of hydrogen-bond donors (Lipinski definition) is 1. The van der Waals surface area contributed by atoms with Crippen molar-refractivity contribution < 1.29 is 19.0 Å². The van der Waals surface area contributed by atoms with Crippen molar-refractivity contribution in [3.05, 3.63) is 35.9 Å². The topological polar surface area (TPSA) is 60.0 Å². The summed E-state index contributed by atoms with van der Waals surface area (Å²) in [4.78, 5) is 13.4. The highest BCUT2D eigenvalue weighted by molar-refractivity contribution is 5.68. The monoisotopic (exact) mass is 336 g/mol. The van der Waals surface area contributed by atoms with Gasteiger partial charge in [0.15, 0.2) is 0 Å². The number of rotatable bonds is 4. The third-order valence-corrected chi connectivity index (χ3v) is 4.29. The minimum Gasteiger partial charge on any atom is -0.445 e. The highest BCUT2D eigenvalue weighted by Gasteiger charge is 2.26. The standard InChI is InChI=1S/C13H17NO3.C5H11NO/c1-16-12-7-8-14(9-12)13(15)17-10-11-5-3-2-4-6-11;1-7-5-2-3-6-4-5/h2-6,12H,7-10H2,1H3;5-6H,2-4H2,1H3/t12-;5-/m00/s1. The number of methoxy groups -OCH3 is 2. The van der Waals surface area contributed by atoms with Gasteiger partial charge in [0, 0.05) is 27.3 Å². The Balaban J connectivity index is 0.000000249. The van der Waals surface area contributed by atoms with Gasteiger partial charge < -0.3 is 24.4 Å². The fourth-order valence-corrected chi connectivity index (χ4v) is 2.73. The van der Waals surface area contributed by atoms with Crippen molar-refractivity contribution in [3.8, 4) is 0 Å². The molecule has 3 rings (SSSR count). The van der Waals surface area contributed by atoms with Crippen molar-refractivity contribution in [2.75, 3.05) is 40.4 Å². The minimum absolute atomic E-state index is 0.152. The summed E-state index contributed by atoms with van der Waals surface area (Å²) in [6.45, 7) is 3.83. The molecular weight excluding hydrogens is 308 g/mol. The summed E-state index contributed by atoms with van der Waals surface area (Å²) in [5.74, 6) is 0. The Labute approximate surface area is 144 Å². The van der Waals surface area contributed by atoms with Crippen LogP contribution in [0.1, 0.15) is 18.4 Å². The molecule has 1 amide bonds. The van der Waals surface area contributed by atoms with E-state index in [1.165, 1.54) is 6.42 Å². The van der Waals surface area contributed by atoms with Crippen molar-refractivity contribution in [3.63, 3.8) is 0 Å². The number of carbonyl (C=O) groups is 1. The molecule has 2 aliphatic heterocycles. The van der Waals surface area contributed by atoms with E-state index in [4.69, 9.17) is 14.2 Å². The highest BCUT2D eigenvalue weighted by atomic mass is 16.6. The van der Waals surface area contributed by atoms with Crippen LogP contribution in [0.5, 0.6) is 0 Å². The molecule has 2 aliphatic rings. The number of amides is 1. The number of hydrogen-bond acceptors (Lipinski definition) is 5. The zero-order valence-corrected chi connectivity index (χ0v) is 14.6. The maximum atomic E-state index is 11.7. The Bertz CT molecular complexity index is 477. The van der Waals surface area contributed by atoms with E-state index < -0.39 is 0 Å². The van der Waals surface area contributed by atoms with Gasteiger partial charge in [-0.05, 0) is 24.9 Å². The lowest BCUT2D eigenvalue weighted by molar-refractivity contribution is 0.0848. The third kappa shape index (κ3) is 6.11. The van der Waals surface area contributed by atoms with E-state index in [0.717, 1.165) is 25.1 Å². The van der Waals surface area contributed by atoms with E-state index in [9.17, 15) is 4.79 Å². The van der Waals surface area contributed by atoms with Crippen molar-refractivity contribution in [2.45, 2.75) is 31.7 Å². The lowest BCUT2D eigenvalue weighted by Crippen LogP contribution is -2.30. The summed E-state index contributed by atoms with van der Waals surface area (Å²) in [5.41, 5.74) is 1.00. The number of nitrogens with zero attached hydrogens (tertiary/aromatic N) is 1. The maximum Gasteiger partial charge on any atom is 0.410 e. The molecule has 0 bridgehead atoms. The normalized spacial score (nSPS) is 22.8. The Morgan fingerprint density at radius 2 is 1.92 bits per heavy atom. The van der Waals surface area contributed by atoms with Crippen molar-refractivity contribution >= 4 is 6.09 Å². The van der Waals surface area contributed by atoms with E-state index >= 15 is 0 Å². The first-order valence-electron chi connectivity index (χ1n) is 8.45. The molecule has 2 fully saturated rings. The second kappa shape index (κ2) is 10.3. The Morgan fingerprint density at radius 1 is 1.17 bits per heavy atom. The van der Waals surface area contributed by atoms with E-state index in [-0.39, 0.29) is 12.2 Å². The molecule has 1 aromatic carbocycles. The molecule has 6 nitrogen and oxygen atoms in total. The van der Waals surface area contributed by atoms with Crippen molar-refractivity contribution in [2.24, 2.45) is 0 Å². The van der Waals surface area contributed by atoms with Crippen LogP contribution < -0.4 is 5.32 Å². The smallest absolute Gasteiger partial charge is 0.410 e. The largest absolute Gasteiger partial charge is 0.445 e. The van der Waals surface area contributed by atoms with Crippen LogP contribution in [0, 0.1) is 0 Å². The molecular formula is C18H28N2O4. The SMILES string of the molecule is CO[C@H]1CCN(C(=O)OCc2ccccc2)C1.CO[C@H]1CCNC1. The summed E-state index contributed by atoms with van der Waals surface area (Å²) in [6.07, 6.45) is 2.45. The van der Waals surface area contributed by atoms with Gasteiger partial charge in [0.1, 0.15) is 6.61 Å². The van der Waals surface area contributed by atoms with Gasteiger partial charge in [-0.3, -0.25) is 0 Å². The molecule has 1 N–H and O–H groups in total. The number of benzene rings is 1. The maximum absolute atomic E-state index is 11.7. The first kappa shape index (κ1) is 18.7. The van der Waals surface area contributed by atoms with E-state index in [1.54, 1.807) is 19.1 Å². The quantitative estimate of drug-likeness (QED) is 0.912. The van der Waals surface area contributed by atoms with Gasteiger partial charge in [-0.15, -0.1) is 0 Å². The summed E-state index contributed by atoms with van der Waals surface area (Å²) in [6, 6.07) is 9.68. The van der Waals surface area contributed by atoms with Gasteiger partial charge in [-0.2, -0.15) is 0 Å². The van der Waals surface area contributed by atoms with E-state index in [2.05, 4.69) is 5.32 Å². The summed E-state index contributed by atoms with van der Waals surface area (Å²) >= 11 is 0. The first-order chi connectivity index (χ1) is 11.7. The lowest BCUT2D eigenvalue weighted by Gasteiger charge is -2.15. The van der Waals surface area contributed by atoms with Crippen LogP contribution in [-0.4, -0.2) is 63.6 Å². The average molecular weight is 336 g/mol. The molecule has 2 saturated heterocycles. The van der Waals surface area contributed by atoms with Gasteiger partial charge in [0.2, 0.25) is 0 Å². The van der Waals surface area contributed by atoms with Crippen LogP contribution in [0.3, 0.4) is 0 Å². The molecule has 0 spiro atoms. The Morgan fingerprint density at radius 3 is 2.46 bits per heavy atom. The third-order valence-electron chi connectivity index (χ3n) is 4.29. The molecule has 6 heteroatoms. The van der Waals surface area contributed by atoms with Gasteiger partial charge in [-0.25, -0.2) is 4.79 Å². The molecule has 0 saturated carbocycles. The van der Waals surface area contributed by atoms with Crippen LogP contribution in [0.2, 0.25) is 0 Å². The molecule has 0 radical (unpaired) electrons. The summed E-state index contributed by atoms with van der Waals surface area (Å²) in [5, 5.41) is 3.20. The number of ether oxygens (including phenoxy) is 3. The van der Waals surface area contributed by atoms with Gasteiger partial charge in [0.05, 0.1) is 18.8 Å². The number of likely N-dealkylation sites (tertiary alicyclic amines) is 1. The number of carbonyl (C=O) groups excluding carboxylic acids is 1. The van der Waals surface area contributed by atoms with E-state index in [0.29, 0.717) is 25.8 Å². The molecule has 2 atom stereocenters. The number of nitrogens with one attached hydrogen (secondary N) is 1. The van der Waals surface area contributed by atoms with Gasteiger partial charge in [0.25, 0.3) is 0 Å². The van der Waals surface area contributed by atoms with Crippen LogP contribution in [0.15, 0.2) is 30.3 Å². The zero-order valence-electron chi connectivity index (χ0n) is 14.6. The molecule has 2 heterocycles. The van der Waals surface area contributed by atoms with Crippen molar-refractivity contribution in [1.82, 2.24) is 10.2 Å². The predicted molar refractivity (Wildman–Crippen MR) is 91.9 cm³/mol. The van der Waals surface area contributed by atoms with Crippen LogP contribution >= 0.6 is 0 Å². The second-order valence-electron chi connectivity index (χ2n) is 5.98. The molecule has 1 aromatic rings. The molecule has 24 heavy (non-hydrogen) atoms. The summed E-state index contributed by atoms with van der Waals surface area (Å²) in [7, 11) is 3.43. The highest BCUT2D eigenvalue weighted by Crippen LogP contribution is 2.13. The summed E-state index contributed by atoms with van der Waals surface area (Å²) < 4.78 is 15.5. The van der Waals surface area contributed by atoms with Crippen LogP contribution in [0.4, 0.5) is 4.79 Å².